The average molecular weight is 427 g/mol. The first-order chi connectivity index (χ1) is 15.6. The molecule has 0 radical (unpaired) electrons. The largest absolute Gasteiger partial charge is 0.457 e. The number of pyridine rings is 1. The smallest absolute Gasteiger partial charge is 0.246 e. The van der Waals surface area contributed by atoms with Crippen LogP contribution in [-0.2, 0) is 4.79 Å². The van der Waals surface area contributed by atoms with Crippen LogP contribution in [0.4, 0.5) is 5.69 Å². The van der Waals surface area contributed by atoms with Gasteiger partial charge in [0.25, 0.3) is 0 Å². The van der Waals surface area contributed by atoms with Crippen molar-refractivity contribution < 1.29 is 9.53 Å². The topological polar surface area (TPSA) is 78.3 Å². The van der Waals surface area contributed by atoms with E-state index in [0.717, 1.165) is 42.0 Å². The van der Waals surface area contributed by atoms with Crippen LogP contribution in [0.2, 0.25) is 0 Å². The van der Waals surface area contributed by atoms with Gasteiger partial charge in [-0.3, -0.25) is 15.2 Å². The first-order valence-electron chi connectivity index (χ1n) is 10.7. The van der Waals surface area contributed by atoms with E-state index in [1.54, 1.807) is 12.4 Å². The van der Waals surface area contributed by atoms with Gasteiger partial charge in [-0.25, -0.2) is 0 Å². The molecule has 1 saturated heterocycles. The maximum atomic E-state index is 12.0. The highest BCUT2D eigenvalue weighted by Gasteiger charge is 2.23. The van der Waals surface area contributed by atoms with Crippen LogP contribution in [0.5, 0.6) is 11.5 Å². The van der Waals surface area contributed by atoms with Gasteiger partial charge in [0.2, 0.25) is 5.91 Å². The summed E-state index contributed by atoms with van der Waals surface area (Å²) in [6.45, 7) is 4.95. The normalized spacial score (nSPS) is 15.6. The monoisotopic (exact) mass is 426 g/mol. The minimum absolute atomic E-state index is 0.0444. The van der Waals surface area contributed by atoms with Crippen LogP contribution in [0.1, 0.15) is 24.0 Å². The molecule has 6 heteroatoms. The molecular formula is C26H26N4O2. The summed E-state index contributed by atoms with van der Waals surface area (Å²) in [4.78, 5) is 18.0. The summed E-state index contributed by atoms with van der Waals surface area (Å²) in [5, 5.41) is 12.3. The number of para-hydroxylation sites is 1. The quantitative estimate of drug-likeness (QED) is 0.417. The molecule has 1 atom stereocenters. The van der Waals surface area contributed by atoms with Crippen molar-refractivity contribution in [3.63, 3.8) is 0 Å². The predicted octanol–water partition coefficient (Wildman–Crippen LogP) is 4.88. The number of benzene rings is 2. The average Bonchev–Trinajstić information content (AvgIpc) is 2.85. The van der Waals surface area contributed by atoms with Gasteiger partial charge < -0.3 is 15.0 Å². The number of rotatable bonds is 7. The first-order valence-corrected chi connectivity index (χ1v) is 10.7. The van der Waals surface area contributed by atoms with Gasteiger partial charge in [-0.1, -0.05) is 24.8 Å². The molecule has 0 aliphatic carbocycles. The minimum Gasteiger partial charge on any atom is -0.457 e. The zero-order chi connectivity index (χ0) is 22.3. The molecule has 2 N–H and O–H groups in total. The van der Waals surface area contributed by atoms with Gasteiger partial charge in [-0.05, 0) is 61.4 Å². The molecule has 1 aliphatic rings. The molecule has 32 heavy (non-hydrogen) atoms. The molecule has 3 aromatic rings. The zero-order valence-corrected chi connectivity index (χ0v) is 17.8. The van der Waals surface area contributed by atoms with Crippen molar-refractivity contribution in [3.05, 3.63) is 96.8 Å². The lowest BCUT2D eigenvalue weighted by Crippen LogP contribution is -2.44. The number of ether oxygens (including phenoxy) is 1. The molecule has 6 nitrogen and oxygen atoms in total. The molecule has 1 unspecified atom stereocenters. The van der Waals surface area contributed by atoms with Gasteiger partial charge in [0.05, 0.1) is 5.71 Å². The second-order valence-electron chi connectivity index (χ2n) is 7.71. The van der Waals surface area contributed by atoms with Gasteiger partial charge in [-0.15, -0.1) is 0 Å². The number of nitrogens with one attached hydrogen (secondary N) is 2. The van der Waals surface area contributed by atoms with Crippen LogP contribution < -0.4 is 10.1 Å². The maximum absolute atomic E-state index is 12.0. The zero-order valence-electron chi connectivity index (χ0n) is 17.8. The van der Waals surface area contributed by atoms with Crippen LogP contribution in [0, 0.1) is 5.41 Å². The standard InChI is InChI=1S/C26H26N4O2/c1-2-25(31)30-16-6-7-20(18-30)29-24-14-15-28-17-23(24)26(27)19-10-12-22(13-11-19)32-21-8-4-3-5-9-21/h2-5,8-15,17,20,27H,1,6-7,16,18H2,(H,28,29). The van der Waals surface area contributed by atoms with Gasteiger partial charge in [0, 0.05) is 48.3 Å². The Morgan fingerprint density at radius 3 is 2.62 bits per heavy atom. The van der Waals surface area contributed by atoms with Crippen molar-refractivity contribution >= 4 is 17.3 Å². The van der Waals surface area contributed by atoms with Crippen molar-refractivity contribution in [3.8, 4) is 11.5 Å². The first kappa shape index (κ1) is 21.3. The second kappa shape index (κ2) is 9.92. The molecule has 2 heterocycles. The Balaban J connectivity index is 1.47. The van der Waals surface area contributed by atoms with E-state index in [1.807, 2.05) is 65.6 Å². The van der Waals surface area contributed by atoms with Crippen molar-refractivity contribution in [2.75, 3.05) is 18.4 Å². The summed E-state index contributed by atoms with van der Waals surface area (Å²) in [7, 11) is 0. The Bertz CT molecular complexity index is 1100. The van der Waals surface area contributed by atoms with Crippen molar-refractivity contribution in [1.82, 2.24) is 9.88 Å². The highest BCUT2D eigenvalue weighted by molar-refractivity contribution is 6.13. The Morgan fingerprint density at radius 1 is 1.12 bits per heavy atom. The molecule has 2 aromatic carbocycles. The van der Waals surface area contributed by atoms with Gasteiger partial charge in [0.15, 0.2) is 0 Å². The number of hydrogen-bond acceptors (Lipinski definition) is 5. The van der Waals surface area contributed by atoms with E-state index in [2.05, 4.69) is 16.9 Å². The Hall–Kier alpha value is -3.93. The van der Waals surface area contributed by atoms with Gasteiger partial charge in [-0.2, -0.15) is 0 Å². The number of piperidine rings is 1. The third-order valence-corrected chi connectivity index (χ3v) is 5.48. The highest BCUT2D eigenvalue weighted by Crippen LogP contribution is 2.25. The lowest BCUT2D eigenvalue weighted by atomic mass is 10.0. The molecule has 162 valence electrons. The summed E-state index contributed by atoms with van der Waals surface area (Å²) in [6, 6.07) is 19.1. The molecule has 0 saturated carbocycles. The third kappa shape index (κ3) is 5.03. The molecule has 1 amide bonds. The maximum Gasteiger partial charge on any atom is 0.246 e. The van der Waals surface area contributed by atoms with E-state index in [1.165, 1.54) is 6.08 Å². The number of amides is 1. The van der Waals surface area contributed by atoms with E-state index in [9.17, 15) is 4.79 Å². The molecule has 0 spiro atoms. The number of anilines is 1. The van der Waals surface area contributed by atoms with Crippen LogP contribution >= 0.6 is 0 Å². The summed E-state index contributed by atoms with van der Waals surface area (Å²) < 4.78 is 5.85. The lowest BCUT2D eigenvalue weighted by Gasteiger charge is -2.33. The number of aromatic nitrogens is 1. The molecule has 1 fully saturated rings. The Morgan fingerprint density at radius 2 is 1.88 bits per heavy atom. The lowest BCUT2D eigenvalue weighted by molar-refractivity contribution is -0.127. The van der Waals surface area contributed by atoms with Crippen molar-refractivity contribution in [2.45, 2.75) is 18.9 Å². The van der Waals surface area contributed by atoms with E-state index >= 15 is 0 Å². The molecular weight excluding hydrogens is 400 g/mol. The fourth-order valence-electron chi connectivity index (χ4n) is 3.83. The van der Waals surface area contributed by atoms with E-state index in [4.69, 9.17) is 10.1 Å². The number of hydrogen-bond donors (Lipinski definition) is 2. The molecule has 1 aromatic heterocycles. The van der Waals surface area contributed by atoms with Crippen LogP contribution in [0.3, 0.4) is 0 Å². The highest BCUT2D eigenvalue weighted by atomic mass is 16.5. The Kier molecular flexibility index (Phi) is 6.60. The van der Waals surface area contributed by atoms with E-state index in [0.29, 0.717) is 18.0 Å². The molecule has 1 aliphatic heterocycles. The fourth-order valence-corrected chi connectivity index (χ4v) is 3.83. The number of likely N-dealkylation sites (tertiary alicyclic amines) is 1. The van der Waals surface area contributed by atoms with Crippen LogP contribution in [0.15, 0.2) is 85.7 Å². The summed E-state index contributed by atoms with van der Waals surface area (Å²) in [5.41, 5.74) is 2.71. The number of nitrogens with zero attached hydrogens (tertiary/aromatic N) is 2. The third-order valence-electron chi connectivity index (χ3n) is 5.48. The minimum atomic E-state index is -0.0444. The summed E-state index contributed by atoms with van der Waals surface area (Å²) >= 11 is 0. The predicted molar refractivity (Wildman–Crippen MR) is 127 cm³/mol. The van der Waals surface area contributed by atoms with Crippen molar-refractivity contribution in [1.29, 1.82) is 5.41 Å². The summed E-state index contributed by atoms with van der Waals surface area (Å²) in [5.74, 6) is 1.44. The SMILES string of the molecule is C=CC(=O)N1CCCC(Nc2ccncc2C(=N)c2ccc(Oc3ccccc3)cc2)C1. The van der Waals surface area contributed by atoms with Gasteiger partial charge in [0.1, 0.15) is 11.5 Å². The van der Waals surface area contributed by atoms with E-state index in [-0.39, 0.29) is 11.9 Å². The molecule has 0 bridgehead atoms. The van der Waals surface area contributed by atoms with Crippen molar-refractivity contribution in [2.24, 2.45) is 0 Å². The number of carbonyl (C=O) groups is 1. The summed E-state index contributed by atoms with van der Waals surface area (Å²) in [6.07, 6.45) is 6.67. The number of carbonyl (C=O) groups excluding carboxylic acids is 1. The van der Waals surface area contributed by atoms with Gasteiger partial charge >= 0.3 is 0 Å². The Labute approximate surface area is 188 Å². The van der Waals surface area contributed by atoms with Crippen LogP contribution in [0.25, 0.3) is 0 Å². The van der Waals surface area contributed by atoms with Crippen LogP contribution in [-0.4, -0.2) is 40.6 Å². The molecule has 4 rings (SSSR count). The fraction of sp³-hybridized carbons (Fsp3) is 0.192. The van der Waals surface area contributed by atoms with E-state index < -0.39 is 0 Å². The second-order valence-corrected chi connectivity index (χ2v) is 7.71.